The predicted octanol–water partition coefficient (Wildman–Crippen LogP) is 2.25. The summed E-state index contributed by atoms with van der Waals surface area (Å²) in [4.78, 5) is 29.6. The number of aromatic nitrogens is 1. The molecule has 0 saturated heterocycles. The lowest BCUT2D eigenvalue weighted by molar-refractivity contribution is -0.121. The van der Waals surface area contributed by atoms with E-state index in [1.165, 1.54) is 18.4 Å². The van der Waals surface area contributed by atoms with Gasteiger partial charge in [-0.15, -0.1) is 22.7 Å². The predicted molar refractivity (Wildman–Crippen MR) is 95.3 cm³/mol. The molecule has 0 bridgehead atoms. The van der Waals surface area contributed by atoms with E-state index >= 15 is 0 Å². The number of thiazole rings is 1. The summed E-state index contributed by atoms with van der Waals surface area (Å²) in [5.41, 5.74) is 6.19. The number of primary amides is 1. The molecule has 8 heteroatoms. The topological polar surface area (TPSA) is 94.3 Å². The maximum absolute atomic E-state index is 12.3. The highest BCUT2D eigenvalue weighted by atomic mass is 32.1. The molecule has 2 aromatic heterocycles. The number of amides is 2. The first kappa shape index (κ1) is 16.6. The van der Waals surface area contributed by atoms with E-state index in [9.17, 15) is 9.59 Å². The van der Waals surface area contributed by atoms with E-state index in [0.29, 0.717) is 4.88 Å². The number of ether oxygens (including phenoxy) is 1. The first-order valence-corrected chi connectivity index (χ1v) is 8.76. The summed E-state index contributed by atoms with van der Waals surface area (Å²) in [5, 5.41) is 3.44. The summed E-state index contributed by atoms with van der Waals surface area (Å²) in [6.45, 7) is 0.0389. The molecule has 0 spiro atoms. The van der Waals surface area contributed by atoms with E-state index in [2.05, 4.69) is 10.3 Å². The third kappa shape index (κ3) is 3.45. The Hall–Kier alpha value is -2.29. The molecule has 2 heterocycles. The molecule has 0 radical (unpaired) electrons. The van der Waals surface area contributed by atoms with Gasteiger partial charge in [0, 0.05) is 7.11 Å². The average Bonchev–Trinajstić information content (AvgIpc) is 3.20. The maximum Gasteiger partial charge on any atom is 0.262 e. The van der Waals surface area contributed by atoms with Crippen molar-refractivity contribution in [3.05, 3.63) is 41.3 Å². The number of carbonyl (C=O) groups is 2. The van der Waals surface area contributed by atoms with Gasteiger partial charge in [-0.3, -0.25) is 9.59 Å². The van der Waals surface area contributed by atoms with Crippen LogP contribution in [0.5, 0.6) is 0 Å². The molecule has 1 aromatic carbocycles. The third-order valence-electron chi connectivity index (χ3n) is 3.32. The van der Waals surface area contributed by atoms with Gasteiger partial charge >= 0.3 is 0 Å². The molecule has 3 aromatic rings. The van der Waals surface area contributed by atoms with Crippen molar-refractivity contribution in [1.82, 2.24) is 10.3 Å². The second-order valence-corrected chi connectivity index (χ2v) is 7.15. The highest BCUT2D eigenvalue weighted by Gasteiger charge is 2.20. The zero-order valence-electron chi connectivity index (χ0n) is 12.8. The highest BCUT2D eigenvalue weighted by molar-refractivity contribution is 7.26. The van der Waals surface area contributed by atoms with Crippen LogP contribution in [0.2, 0.25) is 0 Å². The lowest BCUT2D eigenvalue weighted by Gasteiger charge is -2.13. The van der Waals surface area contributed by atoms with Crippen LogP contribution in [-0.2, 0) is 9.53 Å². The molecule has 24 heavy (non-hydrogen) atoms. The number of fused-ring (bicyclic) bond motifs is 1. The fourth-order valence-corrected chi connectivity index (χ4v) is 4.07. The molecule has 0 unspecified atom stereocenters. The zero-order chi connectivity index (χ0) is 17.1. The number of rotatable bonds is 6. The van der Waals surface area contributed by atoms with Crippen molar-refractivity contribution in [2.75, 3.05) is 13.7 Å². The van der Waals surface area contributed by atoms with Crippen LogP contribution < -0.4 is 11.1 Å². The Morgan fingerprint density at radius 2 is 2.04 bits per heavy atom. The fraction of sp³-hybridized carbons (Fsp3) is 0.188. The summed E-state index contributed by atoms with van der Waals surface area (Å²) in [7, 11) is 1.44. The zero-order valence-corrected chi connectivity index (χ0v) is 14.4. The summed E-state index contributed by atoms with van der Waals surface area (Å²) < 4.78 is 5.99. The van der Waals surface area contributed by atoms with Crippen LogP contribution in [-0.4, -0.2) is 36.6 Å². The van der Waals surface area contributed by atoms with Crippen molar-refractivity contribution in [3.8, 4) is 9.88 Å². The lowest BCUT2D eigenvalue weighted by atomic mass is 10.3. The van der Waals surface area contributed by atoms with Gasteiger partial charge < -0.3 is 15.8 Å². The van der Waals surface area contributed by atoms with E-state index < -0.39 is 11.9 Å². The Bertz CT molecular complexity index is 854. The third-order valence-corrected chi connectivity index (χ3v) is 5.61. The molecule has 2 amide bonds. The Balaban J connectivity index is 1.79. The van der Waals surface area contributed by atoms with Gasteiger partial charge in [0.25, 0.3) is 5.91 Å². The fourth-order valence-electron chi connectivity index (χ4n) is 2.14. The van der Waals surface area contributed by atoms with E-state index in [4.69, 9.17) is 10.5 Å². The minimum atomic E-state index is -0.851. The van der Waals surface area contributed by atoms with E-state index in [0.717, 1.165) is 20.1 Å². The minimum absolute atomic E-state index is 0.0389. The molecule has 3 rings (SSSR count). The van der Waals surface area contributed by atoms with Crippen molar-refractivity contribution in [1.29, 1.82) is 0 Å². The summed E-state index contributed by atoms with van der Waals surface area (Å²) >= 11 is 2.90. The number of hydrogen-bond acceptors (Lipinski definition) is 6. The normalized spacial score (nSPS) is 12.2. The van der Waals surface area contributed by atoms with Crippen LogP contribution in [0.15, 0.2) is 36.4 Å². The van der Waals surface area contributed by atoms with E-state index in [1.54, 1.807) is 17.4 Å². The summed E-state index contributed by atoms with van der Waals surface area (Å²) in [6.07, 6.45) is 0. The molecule has 0 aliphatic rings. The number of nitrogens with two attached hydrogens (primary N) is 1. The molecular formula is C16H15N3O3S2. The van der Waals surface area contributed by atoms with Crippen molar-refractivity contribution >= 4 is 44.7 Å². The molecule has 124 valence electrons. The number of para-hydroxylation sites is 1. The Kier molecular flexibility index (Phi) is 4.89. The molecule has 0 fully saturated rings. The number of nitrogens with zero attached hydrogens (tertiary/aromatic N) is 1. The number of nitrogens with one attached hydrogen (secondary N) is 1. The first-order valence-electron chi connectivity index (χ1n) is 7.13. The maximum atomic E-state index is 12.3. The molecule has 0 aliphatic carbocycles. The SMILES string of the molecule is COC[C@@H](NC(=O)c1ccc(-c2nc3ccccc3s2)s1)C(N)=O. The molecule has 3 N–H and O–H groups in total. The molecular weight excluding hydrogens is 346 g/mol. The van der Waals surface area contributed by atoms with E-state index in [1.807, 2.05) is 30.3 Å². The van der Waals surface area contributed by atoms with Gasteiger partial charge in [-0.25, -0.2) is 4.98 Å². The van der Waals surface area contributed by atoms with Gasteiger partial charge in [-0.05, 0) is 24.3 Å². The van der Waals surface area contributed by atoms with Crippen LogP contribution in [0.4, 0.5) is 0 Å². The van der Waals surface area contributed by atoms with Crippen LogP contribution in [0.1, 0.15) is 9.67 Å². The van der Waals surface area contributed by atoms with Crippen LogP contribution in [0, 0.1) is 0 Å². The van der Waals surface area contributed by atoms with Crippen molar-refractivity contribution < 1.29 is 14.3 Å². The number of carbonyl (C=O) groups excluding carboxylic acids is 2. The van der Waals surface area contributed by atoms with Crippen LogP contribution >= 0.6 is 22.7 Å². The Labute approximate surface area is 146 Å². The van der Waals surface area contributed by atoms with Gasteiger partial charge in [0.2, 0.25) is 5.91 Å². The van der Waals surface area contributed by atoms with Crippen molar-refractivity contribution in [2.45, 2.75) is 6.04 Å². The highest BCUT2D eigenvalue weighted by Crippen LogP contribution is 2.34. The monoisotopic (exact) mass is 361 g/mol. The standard InChI is InChI=1S/C16H15N3O3S2/c1-22-8-10(14(17)20)18-15(21)12-6-7-13(23-12)16-19-9-4-2-3-5-11(9)24-16/h2-7,10H,8H2,1H3,(H2,17,20)(H,18,21)/t10-/m1/s1. The summed E-state index contributed by atoms with van der Waals surface area (Å²) in [5.74, 6) is -0.985. The van der Waals surface area contributed by atoms with Gasteiger partial charge in [0.05, 0.1) is 26.6 Å². The van der Waals surface area contributed by atoms with E-state index in [-0.39, 0.29) is 12.5 Å². The minimum Gasteiger partial charge on any atom is -0.382 e. The van der Waals surface area contributed by atoms with Crippen molar-refractivity contribution in [2.24, 2.45) is 5.73 Å². The van der Waals surface area contributed by atoms with Gasteiger partial charge in [-0.1, -0.05) is 12.1 Å². The lowest BCUT2D eigenvalue weighted by Crippen LogP contribution is -2.47. The van der Waals surface area contributed by atoms with Crippen molar-refractivity contribution in [3.63, 3.8) is 0 Å². The number of methoxy groups -OCH3 is 1. The quantitative estimate of drug-likeness (QED) is 0.704. The Morgan fingerprint density at radius 3 is 2.75 bits per heavy atom. The first-order chi connectivity index (χ1) is 11.6. The molecule has 0 saturated carbocycles. The summed E-state index contributed by atoms with van der Waals surface area (Å²) in [6, 6.07) is 10.6. The average molecular weight is 361 g/mol. The molecule has 1 atom stereocenters. The second kappa shape index (κ2) is 7.08. The molecule has 0 aliphatic heterocycles. The number of benzene rings is 1. The second-order valence-electron chi connectivity index (χ2n) is 5.03. The number of thiophene rings is 1. The van der Waals surface area contributed by atoms with Crippen LogP contribution in [0.3, 0.4) is 0 Å². The van der Waals surface area contributed by atoms with Gasteiger partial charge in [-0.2, -0.15) is 0 Å². The molecule has 6 nitrogen and oxygen atoms in total. The van der Waals surface area contributed by atoms with Gasteiger partial charge in [0.15, 0.2) is 0 Å². The largest absolute Gasteiger partial charge is 0.382 e. The smallest absolute Gasteiger partial charge is 0.262 e. The Morgan fingerprint density at radius 1 is 1.25 bits per heavy atom. The van der Waals surface area contributed by atoms with Gasteiger partial charge in [0.1, 0.15) is 11.0 Å². The number of hydrogen-bond donors (Lipinski definition) is 2. The van der Waals surface area contributed by atoms with Crippen LogP contribution in [0.25, 0.3) is 20.1 Å².